The average Bonchev–Trinajstić information content (AvgIpc) is 3.68. The summed E-state index contributed by atoms with van der Waals surface area (Å²) in [6, 6.07) is 20.2. The maximum atomic E-state index is 12.4. The van der Waals surface area contributed by atoms with E-state index in [9.17, 15) is 23.5 Å². The molecule has 0 bridgehead atoms. The van der Waals surface area contributed by atoms with Gasteiger partial charge in [0.15, 0.2) is 10.6 Å². The molecule has 2 N–H and O–H groups in total. The predicted octanol–water partition coefficient (Wildman–Crippen LogP) is 6.46. The number of thiazole rings is 1. The molecule has 0 amide bonds. The number of allylic oxidation sites excluding steroid dienone is 1. The van der Waals surface area contributed by atoms with E-state index in [0.717, 1.165) is 16.9 Å². The summed E-state index contributed by atoms with van der Waals surface area (Å²) >= 11 is 1.38. The number of aryl methyl sites for hydroxylation is 1. The van der Waals surface area contributed by atoms with Gasteiger partial charge < -0.3 is 19.9 Å². The number of benzene rings is 3. The summed E-state index contributed by atoms with van der Waals surface area (Å²) in [7, 11) is 1.61. The molecule has 0 aliphatic rings. The molecular weight excluding hydrogens is 631 g/mol. The molecule has 14 heteroatoms. The molecule has 2 heterocycles. The van der Waals surface area contributed by atoms with Gasteiger partial charge in [-0.1, -0.05) is 44.2 Å². The van der Waals surface area contributed by atoms with Crippen molar-refractivity contribution in [1.82, 2.24) is 24.6 Å². The Balaban J connectivity index is 1.31. The van der Waals surface area contributed by atoms with Crippen LogP contribution >= 0.6 is 11.3 Å². The van der Waals surface area contributed by atoms with Crippen LogP contribution in [0.15, 0.2) is 89.6 Å². The van der Waals surface area contributed by atoms with Crippen molar-refractivity contribution in [3.63, 3.8) is 0 Å². The molecule has 242 valence electrons. The Kier molecular flexibility index (Phi) is 9.78. The summed E-state index contributed by atoms with van der Waals surface area (Å²) in [6.07, 6.45) is -3.27. The molecule has 5 aromatic rings. The van der Waals surface area contributed by atoms with Crippen molar-refractivity contribution < 1.29 is 27.8 Å². The predicted molar refractivity (Wildman–Crippen MR) is 171 cm³/mol. The number of hydrogen-bond acceptors (Lipinski definition) is 9. The Morgan fingerprint density at radius 2 is 1.79 bits per heavy atom. The number of hydrogen-bond donors (Lipinski definition) is 2. The summed E-state index contributed by atoms with van der Waals surface area (Å²) < 4.78 is 50.1. The van der Waals surface area contributed by atoms with E-state index in [1.54, 1.807) is 31.4 Å². The van der Waals surface area contributed by atoms with Crippen molar-refractivity contribution in [2.45, 2.75) is 39.4 Å². The third-order valence-corrected chi connectivity index (χ3v) is 7.95. The van der Waals surface area contributed by atoms with Gasteiger partial charge in [0.25, 0.3) is 0 Å². The normalized spacial score (nSPS) is 13.0. The van der Waals surface area contributed by atoms with Gasteiger partial charge in [0, 0.05) is 28.9 Å². The molecule has 47 heavy (non-hydrogen) atoms. The van der Waals surface area contributed by atoms with Crippen molar-refractivity contribution in [3.8, 4) is 40.3 Å². The first-order valence-corrected chi connectivity index (χ1v) is 15.2. The monoisotopic (exact) mass is 661 g/mol. The van der Waals surface area contributed by atoms with E-state index in [1.165, 1.54) is 52.8 Å². The number of alkyl halides is 3. The van der Waals surface area contributed by atoms with E-state index in [-0.39, 0.29) is 17.2 Å². The SMILES string of the molecule is COc1ccc(C(C)C)c(-n2c(C)csc2=NC(O)N/C=C(\C#N)c2ccc(-c3ncn(-c4ccc(OC(F)(F)F)cc4)n3)cc2)c1. The first kappa shape index (κ1) is 33.0. The number of nitrogens with one attached hydrogen (secondary N) is 1. The second kappa shape index (κ2) is 13.9. The molecule has 10 nitrogen and oxygen atoms in total. The quantitative estimate of drug-likeness (QED) is 0.130. The number of halogens is 3. The number of nitriles is 1. The molecule has 1 unspecified atom stereocenters. The van der Waals surface area contributed by atoms with E-state index in [1.807, 2.05) is 35.1 Å². The minimum absolute atomic E-state index is 0.236. The van der Waals surface area contributed by atoms with Gasteiger partial charge in [-0.2, -0.15) is 5.26 Å². The van der Waals surface area contributed by atoms with Crippen LogP contribution in [0.1, 0.15) is 36.6 Å². The van der Waals surface area contributed by atoms with Crippen LogP contribution in [0.2, 0.25) is 0 Å². The zero-order valence-electron chi connectivity index (χ0n) is 25.7. The van der Waals surface area contributed by atoms with E-state index < -0.39 is 12.7 Å². The second-order valence-corrected chi connectivity index (χ2v) is 11.4. The van der Waals surface area contributed by atoms with E-state index in [4.69, 9.17) is 4.74 Å². The highest BCUT2D eigenvalue weighted by molar-refractivity contribution is 7.07. The molecule has 5 rings (SSSR count). The lowest BCUT2D eigenvalue weighted by Crippen LogP contribution is -2.27. The summed E-state index contributed by atoms with van der Waals surface area (Å²) in [4.78, 5) is 9.32. The largest absolute Gasteiger partial charge is 0.573 e. The number of nitrogens with zero attached hydrogens (tertiary/aromatic N) is 6. The molecule has 0 saturated carbocycles. The van der Waals surface area contributed by atoms with Gasteiger partial charge in [-0.25, -0.2) is 14.7 Å². The zero-order valence-corrected chi connectivity index (χ0v) is 26.5. The number of aromatic nitrogens is 4. The molecule has 0 spiro atoms. The van der Waals surface area contributed by atoms with Gasteiger partial charge in [-0.3, -0.25) is 4.57 Å². The molecule has 0 aliphatic heterocycles. The molecule has 0 radical (unpaired) electrons. The number of ether oxygens (including phenoxy) is 2. The van der Waals surface area contributed by atoms with Gasteiger partial charge in [0.1, 0.15) is 23.9 Å². The van der Waals surface area contributed by atoms with Crippen molar-refractivity contribution in [3.05, 3.63) is 106 Å². The smallest absolute Gasteiger partial charge is 0.497 e. The van der Waals surface area contributed by atoms with E-state index >= 15 is 0 Å². The number of aliphatic hydroxyl groups is 1. The molecule has 0 aliphatic carbocycles. The highest BCUT2D eigenvalue weighted by atomic mass is 32.1. The van der Waals surface area contributed by atoms with Crippen molar-refractivity contribution in [2.75, 3.05) is 7.11 Å². The molecular formula is C33H30F3N7O3S. The van der Waals surface area contributed by atoms with Crippen molar-refractivity contribution >= 4 is 16.9 Å². The minimum atomic E-state index is -4.78. The molecule has 2 aromatic heterocycles. The maximum Gasteiger partial charge on any atom is 0.573 e. The van der Waals surface area contributed by atoms with Gasteiger partial charge in [0.05, 0.1) is 24.1 Å². The topological polar surface area (TPSA) is 123 Å². The van der Waals surface area contributed by atoms with E-state index in [0.29, 0.717) is 33.2 Å². The molecule has 1 atom stereocenters. The van der Waals surface area contributed by atoms with Crippen LogP contribution in [-0.4, -0.2) is 44.3 Å². The van der Waals surface area contributed by atoms with Crippen LogP contribution in [-0.2, 0) is 0 Å². The van der Waals surface area contributed by atoms with E-state index in [2.05, 4.69) is 45.0 Å². The molecule has 0 saturated heterocycles. The average molecular weight is 662 g/mol. The summed E-state index contributed by atoms with van der Waals surface area (Å²) in [6.45, 7) is 6.17. The number of methoxy groups -OCH3 is 1. The summed E-state index contributed by atoms with van der Waals surface area (Å²) in [5.41, 5.74) is 4.93. The van der Waals surface area contributed by atoms with Crippen LogP contribution in [0.4, 0.5) is 13.2 Å². The van der Waals surface area contributed by atoms with Crippen LogP contribution in [0.5, 0.6) is 11.5 Å². The lowest BCUT2D eigenvalue weighted by Gasteiger charge is -2.17. The Morgan fingerprint density at radius 1 is 1.09 bits per heavy atom. The van der Waals surface area contributed by atoms with Crippen molar-refractivity contribution in [2.24, 2.45) is 4.99 Å². The minimum Gasteiger partial charge on any atom is -0.497 e. The van der Waals surface area contributed by atoms with Crippen LogP contribution in [0.3, 0.4) is 0 Å². The van der Waals surface area contributed by atoms with Gasteiger partial charge in [-0.05, 0) is 54.3 Å². The summed E-state index contributed by atoms with van der Waals surface area (Å²) in [5, 5.41) is 29.7. The Morgan fingerprint density at radius 3 is 2.43 bits per heavy atom. The van der Waals surface area contributed by atoms with Gasteiger partial charge in [-0.15, -0.1) is 29.6 Å². The standard InChI is InChI=1S/C33H30F3N7O3S/c1-20(2)28-14-13-27(45-4)15-29(28)43-21(3)18-47-32(43)40-31(44)38-17-24(16-37)22-5-7-23(8-6-22)30-39-19-42(41-30)25-9-11-26(12-10-25)46-33(34,35)36/h5-15,17-20,31,38,44H,1-4H3/b24-17+,40-32?. The maximum absolute atomic E-state index is 12.4. The fraction of sp³-hybridized carbons (Fsp3) is 0.212. The Labute approximate surface area is 272 Å². The van der Waals surface area contributed by atoms with Gasteiger partial charge in [0.2, 0.25) is 6.35 Å². The van der Waals surface area contributed by atoms with Crippen LogP contribution in [0.25, 0.3) is 28.3 Å². The summed E-state index contributed by atoms with van der Waals surface area (Å²) in [5.74, 6) is 0.975. The zero-order chi connectivity index (χ0) is 33.7. The van der Waals surface area contributed by atoms with Crippen molar-refractivity contribution in [1.29, 1.82) is 5.26 Å². The van der Waals surface area contributed by atoms with Gasteiger partial charge >= 0.3 is 6.36 Å². The first-order chi connectivity index (χ1) is 22.5. The Bertz CT molecular complexity index is 1990. The first-order valence-electron chi connectivity index (χ1n) is 14.3. The number of aliphatic hydroxyl groups excluding tert-OH is 1. The molecule has 0 fully saturated rings. The number of rotatable bonds is 10. The lowest BCUT2D eigenvalue weighted by atomic mass is 10.0. The fourth-order valence-electron chi connectivity index (χ4n) is 4.71. The highest BCUT2D eigenvalue weighted by Crippen LogP contribution is 2.28. The van der Waals surface area contributed by atoms with Crippen LogP contribution in [0, 0.1) is 18.3 Å². The second-order valence-electron chi connectivity index (χ2n) is 10.5. The molecule has 3 aromatic carbocycles. The third-order valence-electron chi connectivity index (χ3n) is 6.99. The highest BCUT2D eigenvalue weighted by Gasteiger charge is 2.31. The van der Waals surface area contributed by atoms with Crippen LogP contribution < -0.4 is 19.6 Å². The third kappa shape index (κ3) is 7.89. The lowest BCUT2D eigenvalue weighted by molar-refractivity contribution is -0.274. The fourth-order valence-corrected chi connectivity index (χ4v) is 5.60. The Hall–Kier alpha value is -5.39.